The lowest BCUT2D eigenvalue weighted by Crippen LogP contribution is -2.29. The predicted octanol–water partition coefficient (Wildman–Crippen LogP) is 2.18. The first kappa shape index (κ1) is 14.4. The second-order valence-electron chi connectivity index (χ2n) is 3.58. The van der Waals surface area contributed by atoms with Crippen LogP contribution in [0.4, 0.5) is 10.5 Å². The van der Waals surface area contributed by atoms with Gasteiger partial charge in [-0.1, -0.05) is 30.4 Å². The van der Waals surface area contributed by atoms with Gasteiger partial charge in [0.05, 0.1) is 12.2 Å². The summed E-state index contributed by atoms with van der Waals surface area (Å²) < 4.78 is 0. The Hall–Kier alpha value is -1.70. The molecule has 0 aliphatic rings. The molecule has 18 heavy (non-hydrogen) atoms. The van der Waals surface area contributed by atoms with Gasteiger partial charge >= 0.3 is 6.03 Å². The minimum atomic E-state index is -0.255. The lowest BCUT2D eigenvalue weighted by Gasteiger charge is -2.08. The van der Waals surface area contributed by atoms with Crippen molar-refractivity contribution >= 4 is 23.3 Å². The predicted molar refractivity (Wildman–Crippen MR) is 74.7 cm³/mol. The van der Waals surface area contributed by atoms with Crippen molar-refractivity contribution in [1.82, 2.24) is 5.32 Å². The summed E-state index contributed by atoms with van der Waals surface area (Å²) in [5.41, 5.74) is 6.60. The smallest absolute Gasteiger partial charge is 0.319 e. The zero-order valence-corrected chi connectivity index (χ0v) is 11.0. The van der Waals surface area contributed by atoms with Crippen molar-refractivity contribution in [2.24, 2.45) is 5.73 Å². The third-order valence-electron chi connectivity index (χ3n) is 2.09. The molecule has 0 spiro atoms. The molecule has 1 aromatic carbocycles. The van der Waals surface area contributed by atoms with Crippen LogP contribution in [0.5, 0.6) is 0 Å². The number of halogens is 1. The van der Waals surface area contributed by atoms with Crippen molar-refractivity contribution in [3.63, 3.8) is 0 Å². The molecule has 0 unspecified atom stereocenters. The zero-order valence-electron chi connectivity index (χ0n) is 10.2. The Morgan fingerprint density at radius 1 is 1.50 bits per heavy atom. The van der Waals surface area contributed by atoms with Gasteiger partial charge in [0.25, 0.3) is 0 Å². The summed E-state index contributed by atoms with van der Waals surface area (Å²) in [6, 6.07) is 4.86. The average molecular weight is 266 g/mol. The van der Waals surface area contributed by atoms with Crippen molar-refractivity contribution in [3.05, 3.63) is 28.8 Å². The Bertz CT molecular complexity index is 477. The van der Waals surface area contributed by atoms with Crippen molar-refractivity contribution in [2.75, 3.05) is 18.4 Å². The Morgan fingerprint density at radius 2 is 2.28 bits per heavy atom. The zero-order chi connectivity index (χ0) is 13.4. The highest BCUT2D eigenvalue weighted by Crippen LogP contribution is 2.19. The summed E-state index contributed by atoms with van der Waals surface area (Å²) in [5.74, 6) is 5.61. The van der Waals surface area contributed by atoms with Crippen LogP contribution in [0.15, 0.2) is 18.2 Å². The Balaban J connectivity index is 2.84. The summed E-state index contributed by atoms with van der Waals surface area (Å²) in [6.45, 7) is 2.87. The molecule has 0 atom stereocenters. The highest BCUT2D eigenvalue weighted by atomic mass is 35.5. The largest absolute Gasteiger partial charge is 0.338 e. The quantitative estimate of drug-likeness (QED) is 0.734. The molecule has 2 amide bonds. The van der Waals surface area contributed by atoms with Crippen LogP contribution in [0.3, 0.4) is 0 Å². The molecule has 0 aliphatic carbocycles. The Morgan fingerprint density at radius 3 is 2.94 bits per heavy atom. The molecular weight excluding hydrogens is 250 g/mol. The first-order valence-corrected chi connectivity index (χ1v) is 6.08. The van der Waals surface area contributed by atoms with E-state index < -0.39 is 0 Å². The van der Waals surface area contributed by atoms with E-state index in [1.54, 1.807) is 18.2 Å². The maximum atomic E-state index is 11.6. The van der Waals surface area contributed by atoms with Crippen molar-refractivity contribution < 1.29 is 4.79 Å². The molecule has 0 fully saturated rings. The molecule has 4 nitrogen and oxygen atoms in total. The number of nitrogens with two attached hydrogens (primary N) is 1. The van der Waals surface area contributed by atoms with E-state index in [2.05, 4.69) is 22.5 Å². The molecule has 0 saturated carbocycles. The van der Waals surface area contributed by atoms with Gasteiger partial charge in [-0.05, 0) is 24.6 Å². The van der Waals surface area contributed by atoms with Gasteiger partial charge in [0.2, 0.25) is 0 Å². The van der Waals surface area contributed by atoms with Gasteiger partial charge in [-0.25, -0.2) is 4.79 Å². The maximum absolute atomic E-state index is 11.6. The molecule has 1 aromatic rings. The number of urea groups is 1. The standard InChI is InChI=1S/C13H16ClN3O/c1-2-8-16-13(18)17-12-6-5-11(14)9-10(12)4-3-7-15/h5-6,9H,2,7-8,15H2,1H3,(H2,16,17,18). The first-order chi connectivity index (χ1) is 8.67. The number of anilines is 1. The fourth-order valence-corrected chi connectivity index (χ4v) is 1.45. The van der Waals surface area contributed by atoms with Crippen LogP contribution in [0.2, 0.25) is 5.02 Å². The van der Waals surface area contributed by atoms with E-state index in [1.807, 2.05) is 6.92 Å². The molecule has 4 N–H and O–H groups in total. The molecule has 0 saturated heterocycles. The fourth-order valence-electron chi connectivity index (χ4n) is 1.28. The number of rotatable bonds is 3. The normalized spacial score (nSPS) is 9.28. The highest BCUT2D eigenvalue weighted by molar-refractivity contribution is 6.30. The van der Waals surface area contributed by atoms with Crippen molar-refractivity contribution in [3.8, 4) is 11.8 Å². The average Bonchev–Trinajstić information content (AvgIpc) is 2.36. The molecule has 1 rings (SSSR count). The van der Waals surface area contributed by atoms with Crippen molar-refractivity contribution in [2.45, 2.75) is 13.3 Å². The number of hydrogen-bond donors (Lipinski definition) is 3. The number of nitrogens with one attached hydrogen (secondary N) is 2. The maximum Gasteiger partial charge on any atom is 0.319 e. The summed E-state index contributed by atoms with van der Waals surface area (Å²) in [6.07, 6.45) is 0.883. The van der Waals surface area contributed by atoms with Crippen molar-refractivity contribution in [1.29, 1.82) is 0 Å². The summed E-state index contributed by atoms with van der Waals surface area (Å²) in [7, 11) is 0. The third kappa shape index (κ3) is 4.66. The minimum absolute atomic E-state index is 0.255. The van der Waals surface area contributed by atoms with E-state index in [9.17, 15) is 4.79 Å². The fraction of sp³-hybridized carbons (Fsp3) is 0.308. The first-order valence-electron chi connectivity index (χ1n) is 5.70. The molecule has 96 valence electrons. The second-order valence-corrected chi connectivity index (χ2v) is 4.01. The summed E-state index contributed by atoms with van der Waals surface area (Å²) in [5, 5.41) is 6.02. The summed E-state index contributed by atoms with van der Waals surface area (Å²) >= 11 is 5.89. The van der Waals surface area contributed by atoms with Gasteiger partial charge in [-0.2, -0.15) is 0 Å². The topological polar surface area (TPSA) is 67.2 Å². The number of benzene rings is 1. The van der Waals surface area contributed by atoms with Crippen LogP contribution in [0.1, 0.15) is 18.9 Å². The molecule has 5 heteroatoms. The number of hydrogen-bond acceptors (Lipinski definition) is 2. The van der Waals surface area contributed by atoms with Gasteiger partial charge in [-0.15, -0.1) is 0 Å². The van der Waals surface area contributed by atoms with E-state index in [4.69, 9.17) is 17.3 Å². The van der Waals surface area contributed by atoms with Crippen LogP contribution < -0.4 is 16.4 Å². The van der Waals surface area contributed by atoms with Crippen LogP contribution >= 0.6 is 11.6 Å². The molecule has 0 bridgehead atoms. The SMILES string of the molecule is CCCNC(=O)Nc1ccc(Cl)cc1C#CCN. The third-order valence-corrected chi connectivity index (χ3v) is 2.33. The Labute approximate surface area is 112 Å². The minimum Gasteiger partial charge on any atom is -0.338 e. The second kappa shape index (κ2) is 7.59. The van der Waals surface area contributed by atoms with E-state index in [-0.39, 0.29) is 12.6 Å². The molecular formula is C13H16ClN3O. The van der Waals surface area contributed by atoms with Crippen LogP contribution in [0.25, 0.3) is 0 Å². The molecule has 0 heterocycles. The lowest BCUT2D eigenvalue weighted by atomic mass is 10.2. The van der Waals surface area contributed by atoms with E-state index in [0.717, 1.165) is 6.42 Å². The molecule has 0 aromatic heterocycles. The number of carbonyl (C=O) groups is 1. The van der Waals surface area contributed by atoms with E-state index >= 15 is 0 Å². The lowest BCUT2D eigenvalue weighted by molar-refractivity contribution is 0.252. The van der Waals surface area contributed by atoms with Gasteiger partial charge in [0.15, 0.2) is 0 Å². The van der Waals surface area contributed by atoms with Crippen LogP contribution in [0, 0.1) is 11.8 Å². The van der Waals surface area contributed by atoms with Gasteiger partial charge < -0.3 is 16.4 Å². The van der Waals surface area contributed by atoms with Gasteiger partial charge in [0, 0.05) is 17.1 Å². The van der Waals surface area contributed by atoms with Crippen LogP contribution in [-0.4, -0.2) is 19.1 Å². The molecule has 0 radical (unpaired) electrons. The highest BCUT2D eigenvalue weighted by Gasteiger charge is 2.05. The monoisotopic (exact) mass is 265 g/mol. The van der Waals surface area contributed by atoms with E-state index in [1.165, 1.54) is 0 Å². The number of amides is 2. The van der Waals surface area contributed by atoms with E-state index in [0.29, 0.717) is 22.8 Å². The summed E-state index contributed by atoms with van der Waals surface area (Å²) in [4.78, 5) is 11.6. The van der Waals surface area contributed by atoms with Gasteiger partial charge in [-0.3, -0.25) is 0 Å². The van der Waals surface area contributed by atoms with Gasteiger partial charge in [0.1, 0.15) is 0 Å². The number of carbonyl (C=O) groups excluding carboxylic acids is 1. The van der Waals surface area contributed by atoms with Crippen LogP contribution in [-0.2, 0) is 0 Å². The molecule has 0 aliphatic heterocycles. The Kier molecular flexibility index (Phi) is 6.06.